The summed E-state index contributed by atoms with van der Waals surface area (Å²) in [6.07, 6.45) is 0. The molecule has 0 saturated heterocycles. The first-order valence-electron chi connectivity index (χ1n) is 16.5. The van der Waals surface area contributed by atoms with E-state index in [9.17, 15) is 38.4 Å². The van der Waals surface area contributed by atoms with Crippen molar-refractivity contribution in [3.05, 3.63) is 131 Å². The van der Waals surface area contributed by atoms with E-state index in [-0.39, 0.29) is 71.8 Å². The third kappa shape index (κ3) is 14.1. The van der Waals surface area contributed by atoms with Crippen molar-refractivity contribution in [2.45, 2.75) is 27.7 Å². The molecular weight excluding hydrogens is 696 g/mol. The lowest BCUT2D eigenvalue weighted by Gasteiger charge is -2.05. The Morgan fingerprint density at radius 3 is 0.759 bits per heavy atom. The second kappa shape index (κ2) is 20.9. The van der Waals surface area contributed by atoms with Gasteiger partial charge < -0.3 is 18.9 Å². The molecular formula is C42H38O12. The number of hydrogen-bond donors (Lipinski definition) is 0. The normalized spacial score (nSPS) is 10.0. The molecule has 0 saturated carbocycles. The zero-order valence-corrected chi connectivity index (χ0v) is 30.1. The molecule has 5 aromatic carbocycles. The largest absolute Gasteiger partial charge is 0.454 e. The number of esters is 4. The number of carbonyl (C=O) groups excluding carboxylic acids is 8. The van der Waals surface area contributed by atoms with E-state index in [0.717, 1.165) is 0 Å². The van der Waals surface area contributed by atoms with Crippen molar-refractivity contribution in [1.82, 2.24) is 0 Å². The van der Waals surface area contributed by atoms with E-state index in [4.69, 9.17) is 18.9 Å². The fraction of sp³-hybridized carbons (Fsp3) is 0.190. The summed E-state index contributed by atoms with van der Waals surface area (Å²) < 4.78 is 18.9. The van der Waals surface area contributed by atoms with Crippen LogP contribution in [0.1, 0.15) is 69.1 Å². The van der Waals surface area contributed by atoms with Gasteiger partial charge in [-0.05, 0) is 97.8 Å². The summed E-state index contributed by atoms with van der Waals surface area (Å²) >= 11 is 0. The fourth-order valence-corrected chi connectivity index (χ4v) is 4.43. The van der Waals surface area contributed by atoms with Crippen LogP contribution < -0.4 is 0 Å². The third-order valence-corrected chi connectivity index (χ3v) is 6.91. The Balaban J connectivity index is 0.000000221. The van der Waals surface area contributed by atoms with Gasteiger partial charge in [-0.3, -0.25) is 19.2 Å². The van der Waals surface area contributed by atoms with Crippen molar-refractivity contribution in [3.63, 3.8) is 0 Å². The molecule has 54 heavy (non-hydrogen) atoms. The smallest absolute Gasteiger partial charge is 0.338 e. The third-order valence-electron chi connectivity index (χ3n) is 6.91. The number of ketones is 4. The predicted molar refractivity (Wildman–Crippen MR) is 198 cm³/mol. The number of ether oxygens (including phenoxy) is 4. The number of fused-ring (bicyclic) bond motifs is 2. The van der Waals surface area contributed by atoms with Gasteiger partial charge in [0, 0.05) is 0 Å². The minimum absolute atomic E-state index is 0.128. The fourth-order valence-electron chi connectivity index (χ4n) is 4.43. The SMILES string of the molecule is CC(=O)COC(=O)c1cccc(C(=O)OCC(C)=O)c1.CC(=O)COC(=O)c1cccc(C(=O)OCC(C)=O)c1.c1ccc2cc3ccccc3cc2c1. The summed E-state index contributed by atoms with van der Waals surface area (Å²) in [5, 5.41) is 5.25. The van der Waals surface area contributed by atoms with Gasteiger partial charge in [0.25, 0.3) is 0 Å². The summed E-state index contributed by atoms with van der Waals surface area (Å²) in [7, 11) is 0. The summed E-state index contributed by atoms with van der Waals surface area (Å²) in [6, 6.07) is 32.7. The molecule has 0 heterocycles. The molecule has 0 unspecified atom stereocenters. The quantitative estimate of drug-likeness (QED) is 0.0791. The Morgan fingerprint density at radius 1 is 0.333 bits per heavy atom. The van der Waals surface area contributed by atoms with E-state index in [1.165, 1.54) is 97.8 Å². The molecule has 0 N–H and O–H groups in total. The minimum Gasteiger partial charge on any atom is -0.454 e. The van der Waals surface area contributed by atoms with Crippen molar-refractivity contribution in [2.24, 2.45) is 0 Å². The predicted octanol–water partition coefficient (Wildman–Crippen LogP) is 6.35. The summed E-state index contributed by atoms with van der Waals surface area (Å²) in [6.45, 7) is 3.89. The number of rotatable bonds is 12. The maximum atomic E-state index is 11.6. The lowest BCUT2D eigenvalue weighted by Crippen LogP contribution is -2.14. The van der Waals surface area contributed by atoms with Crippen LogP contribution in [0.5, 0.6) is 0 Å². The van der Waals surface area contributed by atoms with Crippen molar-refractivity contribution in [1.29, 1.82) is 0 Å². The van der Waals surface area contributed by atoms with E-state index in [0.29, 0.717) is 0 Å². The van der Waals surface area contributed by atoms with Crippen LogP contribution in [0, 0.1) is 0 Å². The molecule has 0 aliphatic carbocycles. The summed E-state index contributed by atoms with van der Waals surface area (Å²) in [4.78, 5) is 89.3. The van der Waals surface area contributed by atoms with Crippen molar-refractivity contribution in [2.75, 3.05) is 26.4 Å². The molecule has 0 radical (unpaired) electrons. The average Bonchev–Trinajstić information content (AvgIpc) is 3.16. The van der Waals surface area contributed by atoms with Gasteiger partial charge in [0.2, 0.25) is 0 Å². The number of Topliss-reactive ketones (excluding diaryl/α,β-unsaturated/α-hetero) is 4. The maximum absolute atomic E-state index is 11.6. The van der Waals surface area contributed by atoms with E-state index in [1.807, 2.05) is 0 Å². The van der Waals surface area contributed by atoms with Crippen LogP contribution in [0.2, 0.25) is 0 Å². The van der Waals surface area contributed by atoms with Crippen molar-refractivity contribution < 1.29 is 57.3 Å². The van der Waals surface area contributed by atoms with Gasteiger partial charge in [0.05, 0.1) is 22.3 Å². The van der Waals surface area contributed by atoms with Crippen LogP contribution in [0.15, 0.2) is 109 Å². The number of carbonyl (C=O) groups is 8. The van der Waals surface area contributed by atoms with Gasteiger partial charge in [-0.1, -0.05) is 60.7 Å². The Labute approximate surface area is 311 Å². The van der Waals surface area contributed by atoms with Crippen LogP contribution in [0.4, 0.5) is 0 Å². The van der Waals surface area contributed by atoms with Crippen LogP contribution in [0.25, 0.3) is 21.5 Å². The van der Waals surface area contributed by atoms with Gasteiger partial charge >= 0.3 is 23.9 Å². The molecule has 278 valence electrons. The van der Waals surface area contributed by atoms with Gasteiger partial charge in [0.1, 0.15) is 26.4 Å². The molecule has 0 spiro atoms. The molecule has 12 heteroatoms. The Bertz CT molecular complexity index is 1890. The summed E-state index contributed by atoms with van der Waals surface area (Å²) in [5.74, 6) is -3.96. The first-order valence-corrected chi connectivity index (χ1v) is 16.5. The molecule has 5 aromatic rings. The zero-order valence-electron chi connectivity index (χ0n) is 30.1. The zero-order chi connectivity index (χ0) is 39.6. The molecule has 0 bridgehead atoms. The monoisotopic (exact) mass is 734 g/mol. The van der Waals surface area contributed by atoms with Crippen LogP contribution in [0.3, 0.4) is 0 Å². The van der Waals surface area contributed by atoms with Crippen LogP contribution in [-0.2, 0) is 38.1 Å². The Hall–Kier alpha value is -6.82. The minimum atomic E-state index is -0.707. The lowest BCUT2D eigenvalue weighted by molar-refractivity contribution is -0.120. The molecule has 0 aliphatic heterocycles. The highest BCUT2D eigenvalue weighted by molar-refractivity contribution is 5.99. The highest BCUT2D eigenvalue weighted by Gasteiger charge is 2.15. The highest BCUT2D eigenvalue weighted by Crippen LogP contribution is 2.22. The number of hydrogen-bond acceptors (Lipinski definition) is 12. The molecule has 0 amide bonds. The molecule has 12 nitrogen and oxygen atoms in total. The van der Waals surface area contributed by atoms with E-state index < -0.39 is 23.9 Å². The molecule has 0 atom stereocenters. The number of benzene rings is 5. The molecule has 0 aliphatic rings. The van der Waals surface area contributed by atoms with Gasteiger partial charge in [-0.2, -0.15) is 0 Å². The first-order chi connectivity index (χ1) is 25.7. The molecule has 5 rings (SSSR count). The van der Waals surface area contributed by atoms with Gasteiger partial charge in [-0.15, -0.1) is 0 Å². The lowest BCUT2D eigenvalue weighted by atomic mass is 10.0. The Morgan fingerprint density at radius 2 is 0.556 bits per heavy atom. The van der Waals surface area contributed by atoms with Crippen molar-refractivity contribution in [3.8, 4) is 0 Å². The molecule has 0 fully saturated rings. The van der Waals surface area contributed by atoms with Gasteiger partial charge in [-0.25, -0.2) is 19.2 Å². The van der Waals surface area contributed by atoms with Crippen LogP contribution >= 0.6 is 0 Å². The molecule has 0 aromatic heterocycles. The maximum Gasteiger partial charge on any atom is 0.338 e. The van der Waals surface area contributed by atoms with Gasteiger partial charge in [0.15, 0.2) is 23.1 Å². The highest BCUT2D eigenvalue weighted by atomic mass is 16.5. The van der Waals surface area contributed by atoms with E-state index in [2.05, 4.69) is 60.7 Å². The second-order valence-electron chi connectivity index (χ2n) is 11.8. The van der Waals surface area contributed by atoms with E-state index in [1.54, 1.807) is 0 Å². The summed E-state index contributed by atoms with van der Waals surface area (Å²) in [5.41, 5.74) is 0.513. The van der Waals surface area contributed by atoms with Crippen LogP contribution in [-0.4, -0.2) is 73.4 Å². The first kappa shape index (κ1) is 41.6. The Kier molecular flexibility index (Phi) is 16.1. The topological polar surface area (TPSA) is 173 Å². The second-order valence-corrected chi connectivity index (χ2v) is 11.8. The van der Waals surface area contributed by atoms with Crippen molar-refractivity contribution >= 4 is 68.6 Å². The standard InChI is InChI=1S/2C14H14O6.C14H10/c2*1-9(15)7-19-13(17)11-4-3-5-12(6-11)14(18)20-8-10(2)16;1-2-6-12-10-14-8-4-3-7-13(14)9-11(12)5-1/h2*3-6H,7-8H2,1-2H3;1-10H. The average molecular weight is 735 g/mol. The van der Waals surface area contributed by atoms with E-state index >= 15 is 0 Å².